The number of esters is 3. The van der Waals surface area contributed by atoms with Crippen molar-refractivity contribution < 1.29 is 28.6 Å². The Labute approximate surface area is 505 Å². The second-order valence-corrected chi connectivity index (χ2v) is 24.5. The third kappa shape index (κ3) is 68.0. The summed E-state index contributed by atoms with van der Waals surface area (Å²) in [5, 5.41) is 0. The van der Waals surface area contributed by atoms with E-state index in [1.54, 1.807) is 0 Å². The fourth-order valence-corrected chi connectivity index (χ4v) is 10.9. The summed E-state index contributed by atoms with van der Waals surface area (Å²) in [7, 11) is 0. The van der Waals surface area contributed by atoms with Crippen molar-refractivity contribution in [3.63, 3.8) is 0 Å². The highest BCUT2D eigenvalue weighted by atomic mass is 16.6. The lowest BCUT2D eigenvalue weighted by Crippen LogP contribution is -2.30. The van der Waals surface area contributed by atoms with Crippen LogP contribution in [0.4, 0.5) is 0 Å². The first-order valence-corrected chi connectivity index (χ1v) is 36.1. The molecule has 0 aromatic carbocycles. The van der Waals surface area contributed by atoms with E-state index in [4.69, 9.17) is 14.2 Å². The zero-order valence-corrected chi connectivity index (χ0v) is 54.6. The molecule has 0 amide bonds. The summed E-state index contributed by atoms with van der Waals surface area (Å²) in [4.78, 5) is 38.4. The van der Waals surface area contributed by atoms with Crippen molar-refractivity contribution in [3.05, 3.63) is 48.6 Å². The molecule has 0 heterocycles. The second kappa shape index (κ2) is 69.9. The predicted octanol–water partition coefficient (Wildman–Crippen LogP) is 24.9. The number of hydrogen-bond donors (Lipinski definition) is 0. The van der Waals surface area contributed by atoms with Gasteiger partial charge in [-0.2, -0.15) is 0 Å². The Bertz CT molecular complexity index is 1400. The minimum absolute atomic E-state index is 0.0713. The molecule has 0 spiro atoms. The number of allylic oxidation sites excluding steroid dienone is 8. The van der Waals surface area contributed by atoms with E-state index in [1.165, 1.54) is 276 Å². The molecule has 0 rings (SSSR count). The van der Waals surface area contributed by atoms with Gasteiger partial charge < -0.3 is 14.2 Å². The van der Waals surface area contributed by atoms with E-state index in [9.17, 15) is 14.4 Å². The molecule has 1 atom stereocenters. The van der Waals surface area contributed by atoms with Gasteiger partial charge >= 0.3 is 17.9 Å². The summed E-state index contributed by atoms with van der Waals surface area (Å²) in [6, 6.07) is 0. The van der Waals surface area contributed by atoms with Gasteiger partial charge in [-0.1, -0.05) is 339 Å². The van der Waals surface area contributed by atoms with Crippen molar-refractivity contribution in [1.82, 2.24) is 0 Å². The molecule has 6 nitrogen and oxygen atoms in total. The first-order valence-electron chi connectivity index (χ1n) is 36.1. The highest BCUT2D eigenvalue weighted by molar-refractivity contribution is 5.71. The third-order valence-electron chi connectivity index (χ3n) is 16.3. The molecule has 0 aliphatic carbocycles. The molecule has 81 heavy (non-hydrogen) atoms. The van der Waals surface area contributed by atoms with E-state index >= 15 is 0 Å². The van der Waals surface area contributed by atoms with Crippen LogP contribution in [0, 0.1) is 0 Å². The van der Waals surface area contributed by atoms with Crippen molar-refractivity contribution in [2.24, 2.45) is 0 Å². The van der Waals surface area contributed by atoms with Gasteiger partial charge in [-0.15, -0.1) is 0 Å². The summed E-state index contributed by atoms with van der Waals surface area (Å²) in [6.45, 7) is 6.68. The Morgan fingerprint density at radius 3 is 0.704 bits per heavy atom. The maximum atomic E-state index is 12.9. The Kier molecular flexibility index (Phi) is 67.6. The minimum Gasteiger partial charge on any atom is -0.462 e. The molecule has 0 aliphatic rings. The zero-order valence-electron chi connectivity index (χ0n) is 54.6. The topological polar surface area (TPSA) is 78.9 Å². The van der Waals surface area contributed by atoms with Gasteiger partial charge in [0.2, 0.25) is 0 Å². The molecule has 0 aliphatic heterocycles. The standard InChI is InChI=1S/C75H138O6/c1-4-7-10-13-16-19-22-24-26-28-30-32-34-35-36-37-38-39-41-42-44-46-48-50-53-56-59-62-65-68-74(77)80-71-72(70-79-73(76)67-64-61-58-55-52-21-18-15-12-9-6-3)81-75(78)69-66-63-60-57-54-51-49-47-45-43-40-33-31-29-27-25-23-20-17-14-11-8-5-2/h23,25,28-31,40,43,72H,4-22,24,26-27,32-39,41-42,44-71H2,1-3H3/b25-23-,30-28-,31-29-,43-40-. The highest BCUT2D eigenvalue weighted by Crippen LogP contribution is 2.18. The van der Waals surface area contributed by atoms with Gasteiger partial charge in [0.15, 0.2) is 6.10 Å². The van der Waals surface area contributed by atoms with Crippen LogP contribution in [-0.2, 0) is 28.6 Å². The predicted molar refractivity (Wildman–Crippen MR) is 353 cm³/mol. The van der Waals surface area contributed by atoms with Crippen LogP contribution < -0.4 is 0 Å². The van der Waals surface area contributed by atoms with Gasteiger partial charge in [-0.3, -0.25) is 14.4 Å². The molecular weight excluding hydrogens is 997 g/mol. The zero-order chi connectivity index (χ0) is 58.5. The van der Waals surface area contributed by atoms with E-state index in [2.05, 4.69) is 69.4 Å². The monoisotopic (exact) mass is 1140 g/mol. The molecule has 0 N–H and O–H groups in total. The summed E-state index contributed by atoms with van der Waals surface area (Å²) < 4.78 is 17.0. The van der Waals surface area contributed by atoms with Gasteiger partial charge in [0.05, 0.1) is 0 Å². The number of carbonyl (C=O) groups is 3. The summed E-state index contributed by atoms with van der Waals surface area (Å²) in [5.74, 6) is -0.854. The van der Waals surface area contributed by atoms with Crippen LogP contribution in [0.15, 0.2) is 48.6 Å². The Morgan fingerprint density at radius 2 is 0.444 bits per heavy atom. The number of ether oxygens (including phenoxy) is 3. The number of unbranched alkanes of at least 4 members (excludes halogenated alkanes) is 48. The molecule has 0 radical (unpaired) electrons. The summed E-state index contributed by atoms with van der Waals surface area (Å²) in [5.41, 5.74) is 0. The van der Waals surface area contributed by atoms with E-state index in [-0.39, 0.29) is 31.1 Å². The Hall–Kier alpha value is -2.63. The molecule has 0 aromatic heterocycles. The van der Waals surface area contributed by atoms with Crippen molar-refractivity contribution >= 4 is 17.9 Å². The smallest absolute Gasteiger partial charge is 0.306 e. The van der Waals surface area contributed by atoms with Gasteiger partial charge in [0.25, 0.3) is 0 Å². The lowest BCUT2D eigenvalue weighted by atomic mass is 10.0. The minimum atomic E-state index is -0.775. The van der Waals surface area contributed by atoms with Crippen LogP contribution in [0.25, 0.3) is 0 Å². The van der Waals surface area contributed by atoms with Gasteiger partial charge in [-0.05, 0) is 83.5 Å². The van der Waals surface area contributed by atoms with Gasteiger partial charge in [-0.25, -0.2) is 0 Å². The average Bonchev–Trinajstić information content (AvgIpc) is 3.47. The quantitative estimate of drug-likeness (QED) is 0.0261. The molecule has 0 saturated heterocycles. The fourth-order valence-electron chi connectivity index (χ4n) is 10.9. The first kappa shape index (κ1) is 78.4. The molecular formula is C75H138O6. The van der Waals surface area contributed by atoms with Crippen molar-refractivity contribution in [2.45, 2.75) is 399 Å². The van der Waals surface area contributed by atoms with E-state index in [1.807, 2.05) is 0 Å². The van der Waals surface area contributed by atoms with Crippen molar-refractivity contribution in [3.8, 4) is 0 Å². The molecule has 1 unspecified atom stereocenters. The normalized spacial score (nSPS) is 12.3. The van der Waals surface area contributed by atoms with Crippen LogP contribution >= 0.6 is 0 Å². The van der Waals surface area contributed by atoms with Crippen molar-refractivity contribution in [1.29, 1.82) is 0 Å². The number of hydrogen-bond acceptors (Lipinski definition) is 6. The number of carbonyl (C=O) groups excluding carboxylic acids is 3. The van der Waals surface area contributed by atoms with E-state index in [0.29, 0.717) is 19.3 Å². The van der Waals surface area contributed by atoms with Gasteiger partial charge in [0.1, 0.15) is 13.2 Å². The first-order chi connectivity index (χ1) is 40.0. The summed E-state index contributed by atoms with van der Waals surface area (Å²) in [6.07, 6.45) is 88.7. The maximum Gasteiger partial charge on any atom is 0.306 e. The summed E-state index contributed by atoms with van der Waals surface area (Å²) >= 11 is 0. The number of rotatable bonds is 67. The second-order valence-electron chi connectivity index (χ2n) is 24.5. The van der Waals surface area contributed by atoms with Gasteiger partial charge in [0, 0.05) is 19.3 Å². The van der Waals surface area contributed by atoms with Crippen LogP contribution in [0.2, 0.25) is 0 Å². The molecule has 6 heteroatoms. The van der Waals surface area contributed by atoms with Crippen LogP contribution in [0.5, 0.6) is 0 Å². The average molecular weight is 1140 g/mol. The molecule has 0 aromatic rings. The SMILES string of the molecule is CCCCCCC/C=C\C/C=C\C/C=C\CCCCCCCCCCC(=O)OC(COC(=O)CCCCCCCCCCCCC)COC(=O)CCCCCCCCCCCCCCCCCCC/C=C\CCCCCCCCCC. The molecule has 0 bridgehead atoms. The molecule has 0 fully saturated rings. The lowest BCUT2D eigenvalue weighted by molar-refractivity contribution is -0.167. The Balaban J connectivity index is 4.17. The maximum absolute atomic E-state index is 12.9. The molecule has 0 saturated carbocycles. The van der Waals surface area contributed by atoms with E-state index in [0.717, 1.165) is 77.0 Å². The fraction of sp³-hybridized carbons (Fsp3) is 0.853. The third-order valence-corrected chi connectivity index (χ3v) is 16.3. The van der Waals surface area contributed by atoms with E-state index < -0.39 is 6.10 Å². The van der Waals surface area contributed by atoms with Crippen molar-refractivity contribution in [2.75, 3.05) is 13.2 Å². The molecule has 474 valence electrons. The highest BCUT2D eigenvalue weighted by Gasteiger charge is 2.19. The van der Waals surface area contributed by atoms with Crippen LogP contribution in [-0.4, -0.2) is 37.2 Å². The van der Waals surface area contributed by atoms with Crippen LogP contribution in [0.3, 0.4) is 0 Å². The Morgan fingerprint density at radius 1 is 0.247 bits per heavy atom. The lowest BCUT2D eigenvalue weighted by Gasteiger charge is -2.18. The van der Waals surface area contributed by atoms with Crippen LogP contribution in [0.1, 0.15) is 393 Å². The largest absolute Gasteiger partial charge is 0.462 e.